The van der Waals surface area contributed by atoms with Crippen LogP contribution < -0.4 is 25.0 Å². The van der Waals surface area contributed by atoms with Crippen molar-refractivity contribution in [2.45, 2.75) is 20.5 Å². The summed E-state index contributed by atoms with van der Waals surface area (Å²) in [5.74, 6) is -1.23. The van der Waals surface area contributed by atoms with Crippen molar-refractivity contribution < 1.29 is 28.7 Å². The molecule has 0 saturated carbocycles. The zero-order valence-electron chi connectivity index (χ0n) is 23.9. The second-order valence-corrected chi connectivity index (χ2v) is 11.0. The highest BCUT2D eigenvalue weighted by Crippen LogP contribution is 2.29. The number of nitrogens with zero attached hydrogens (tertiary/aromatic N) is 1. The Labute approximate surface area is 262 Å². The van der Waals surface area contributed by atoms with Crippen molar-refractivity contribution in [3.8, 4) is 11.5 Å². The van der Waals surface area contributed by atoms with E-state index in [-0.39, 0.29) is 29.5 Å². The number of halogens is 1. The van der Waals surface area contributed by atoms with Gasteiger partial charge in [0.15, 0.2) is 6.61 Å². The van der Waals surface area contributed by atoms with Gasteiger partial charge in [-0.15, -0.1) is 0 Å². The number of rotatable bonds is 9. The smallest absolute Gasteiger partial charge is 0.335 e. The molecule has 4 aromatic carbocycles. The number of amides is 5. The largest absolute Gasteiger partial charge is 0.489 e. The van der Waals surface area contributed by atoms with Crippen LogP contribution in [0.4, 0.5) is 16.2 Å². The van der Waals surface area contributed by atoms with Gasteiger partial charge in [0.05, 0.1) is 5.69 Å². The van der Waals surface area contributed by atoms with E-state index in [1.807, 2.05) is 56.3 Å². The highest BCUT2D eigenvalue weighted by Gasteiger charge is 2.37. The summed E-state index contributed by atoms with van der Waals surface area (Å²) in [5.41, 5.74) is 4.12. The van der Waals surface area contributed by atoms with Crippen LogP contribution in [-0.2, 0) is 21.0 Å². The molecule has 5 rings (SSSR count). The van der Waals surface area contributed by atoms with E-state index in [2.05, 4.69) is 26.6 Å². The summed E-state index contributed by atoms with van der Waals surface area (Å²) in [6, 6.07) is 25.7. The van der Waals surface area contributed by atoms with Crippen molar-refractivity contribution in [2.75, 3.05) is 16.8 Å². The molecule has 1 aliphatic rings. The van der Waals surface area contributed by atoms with E-state index in [0.717, 1.165) is 21.6 Å². The van der Waals surface area contributed by atoms with Gasteiger partial charge in [-0.1, -0.05) is 52.3 Å². The molecule has 2 N–H and O–H groups in total. The van der Waals surface area contributed by atoms with Crippen LogP contribution in [0.25, 0.3) is 6.08 Å². The lowest BCUT2D eigenvalue weighted by molar-refractivity contribution is -0.122. The Hall–Kier alpha value is -5.22. The minimum atomic E-state index is -0.871. The first-order chi connectivity index (χ1) is 21.2. The quantitative estimate of drug-likeness (QED) is 0.161. The third-order valence-corrected chi connectivity index (χ3v) is 7.36. The average Bonchev–Trinajstić information content (AvgIpc) is 3.00. The van der Waals surface area contributed by atoms with Gasteiger partial charge in [0.1, 0.15) is 23.7 Å². The van der Waals surface area contributed by atoms with Crippen LogP contribution in [0.1, 0.15) is 22.3 Å². The van der Waals surface area contributed by atoms with Crippen LogP contribution in [0.5, 0.6) is 11.5 Å². The molecule has 0 bridgehead atoms. The lowest BCUT2D eigenvalue weighted by atomic mass is 10.1. The van der Waals surface area contributed by atoms with Crippen molar-refractivity contribution >= 4 is 57.1 Å². The first-order valence-corrected chi connectivity index (χ1v) is 14.4. The Morgan fingerprint density at radius 2 is 1.64 bits per heavy atom. The lowest BCUT2D eigenvalue weighted by Gasteiger charge is -2.26. The minimum Gasteiger partial charge on any atom is -0.489 e. The molecular weight excluding hydrogens is 626 g/mol. The second-order valence-electron chi connectivity index (χ2n) is 10.0. The second kappa shape index (κ2) is 13.4. The third kappa shape index (κ3) is 7.22. The first-order valence-electron chi connectivity index (χ1n) is 13.7. The van der Waals surface area contributed by atoms with Gasteiger partial charge in [-0.05, 0) is 91.2 Å². The fourth-order valence-corrected chi connectivity index (χ4v) is 4.78. The van der Waals surface area contributed by atoms with Crippen LogP contribution in [-0.4, -0.2) is 30.4 Å². The number of hydrogen-bond donors (Lipinski definition) is 2. The molecule has 1 aliphatic heterocycles. The fourth-order valence-electron chi connectivity index (χ4n) is 4.40. The number of ether oxygens (including phenoxy) is 2. The predicted molar refractivity (Wildman–Crippen MR) is 170 cm³/mol. The van der Waals surface area contributed by atoms with Gasteiger partial charge in [0.2, 0.25) is 0 Å². The highest BCUT2D eigenvalue weighted by atomic mass is 79.9. The van der Waals surface area contributed by atoms with E-state index >= 15 is 0 Å². The Morgan fingerprint density at radius 1 is 0.886 bits per heavy atom. The van der Waals surface area contributed by atoms with Crippen molar-refractivity contribution in [3.63, 3.8) is 0 Å². The number of hydrogen-bond acceptors (Lipinski definition) is 6. The van der Waals surface area contributed by atoms with Crippen LogP contribution in [0, 0.1) is 13.8 Å². The Kier molecular flexibility index (Phi) is 9.20. The number of imide groups is 2. The summed E-state index contributed by atoms with van der Waals surface area (Å²) in [4.78, 5) is 52.5. The molecule has 9 nitrogen and oxygen atoms in total. The van der Waals surface area contributed by atoms with Crippen LogP contribution in [0.15, 0.2) is 101 Å². The maximum absolute atomic E-state index is 13.5. The van der Waals surface area contributed by atoms with Gasteiger partial charge < -0.3 is 14.8 Å². The summed E-state index contributed by atoms with van der Waals surface area (Å²) >= 11 is 3.39. The molecule has 222 valence electrons. The number of urea groups is 1. The third-order valence-electron chi connectivity index (χ3n) is 6.87. The fraction of sp³-hybridized carbons (Fsp3) is 0.118. The number of anilines is 2. The molecule has 44 heavy (non-hydrogen) atoms. The van der Waals surface area contributed by atoms with Gasteiger partial charge in [0.25, 0.3) is 17.7 Å². The Morgan fingerprint density at radius 3 is 2.36 bits per heavy atom. The van der Waals surface area contributed by atoms with Crippen LogP contribution in [0.2, 0.25) is 0 Å². The van der Waals surface area contributed by atoms with Crippen LogP contribution >= 0.6 is 15.9 Å². The molecule has 5 amide bonds. The zero-order valence-corrected chi connectivity index (χ0v) is 25.5. The van der Waals surface area contributed by atoms with Gasteiger partial charge in [-0.2, -0.15) is 0 Å². The summed E-state index contributed by atoms with van der Waals surface area (Å²) < 4.78 is 12.2. The summed E-state index contributed by atoms with van der Waals surface area (Å²) in [5, 5.41) is 5.02. The number of nitrogens with one attached hydrogen (secondary N) is 2. The van der Waals surface area contributed by atoms with Crippen LogP contribution in [0.3, 0.4) is 0 Å². The molecule has 0 unspecified atom stereocenters. The molecule has 10 heteroatoms. The number of benzene rings is 4. The monoisotopic (exact) mass is 653 g/mol. The van der Waals surface area contributed by atoms with E-state index in [1.165, 1.54) is 6.08 Å². The van der Waals surface area contributed by atoms with Crippen molar-refractivity contribution in [1.29, 1.82) is 0 Å². The van der Waals surface area contributed by atoms with E-state index in [4.69, 9.17) is 9.47 Å². The SMILES string of the molecule is Cc1ccc(NC(=O)COc2ccc(Br)cc2/C=C2/C(=O)NC(=O)N(c3ccc(OCc4ccccc4)cc3)C2=O)cc1C. The molecule has 1 saturated heterocycles. The van der Waals surface area contributed by atoms with Gasteiger partial charge in [-0.25, -0.2) is 9.69 Å². The maximum atomic E-state index is 13.5. The van der Waals surface area contributed by atoms with Gasteiger partial charge in [-0.3, -0.25) is 19.7 Å². The topological polar surface area (TPSA) is 114 Å². The number of carbonyl (C=O) groups is 4. The average molecular weight is 655 g/mol. The molecular formula is C34H28BrN3O6. The van der Waals surface area contributed by atoms with Gasteiger partial charge >= 0.3 is 6.03 Å². The minimum absolute atomic E-state index is 0.256. The van der Waals surface area contributed by atoms with E-state index in [1.54, 1.807) is 48.5 Å². The van der Waals surface area contributed by atoms with E-state index in [9.17, 15) is 19.2 Å². The Bertz CT molecular complexity index is 1770. The van der Waals surface area contributed by atoms with Gasteiger partial charge in [0, 0.05) is 15.7 Å². The zero-order chi connectivity index (χ0) is 31.2. The maximum Gasteiger partial charge on any atom is 0.335 e. The molecule has 0 atom stereocenters. The molecule has 1 heterocycles. The number of aryl methyl sites for hydroxylation is 2. The summed E-state index contributed by atoms with van der Waals surface area (Å²) in [6.45, 7) is 3.99. The molecule has 4 aromatic rings. The molecule has 0 radical (unpaired) electrons. The first kappa shape index (κ1) is 30.2. The summed E-state index contributed by atoms with van der Waals surface area (Å²) in [7, 11) is 0. The standard InChI is InChI=1S/C34H28BrN3O6/c1-21-8-10-26(16-22(21)2)36-31(39)20-44-30-15-9-25(35)17-24(30)18-29-32(40)37-34(42)38(33(29)41)27-11-13-28(14-12-27)43-19-23-6-4-3-5-7-23/h3-18H,19-20H2,1-2H3,(H,36,39)(H,37,40,42)/b29-18-. The lowest BCUT2D eigenvalue weighted by Crippen LogP contribution is -2.54. The molecule has 0 aliphatic carbocycles. The highest BCUT2D eigenvalue weighted by molar-refractivity contribution is 9.10. The van der Waals surface area contributed by atoms with Crippen molar-refractivity contribution in [3.05, 3.63) is 123 Å². The van der Waals surface area contributed by atoms with E-state index in [0.29, 0.717) is 28.1 Å². The Balaban J connectivity index is 1.31. The van der Waals surface area contributed by atoms with Crippen molar-refractivity contribution in [1.82, 2.24) is 5.32 Å². The normalized spacial score (nSPS) is 13.9. The summed E-state index contributed by atoms with van der Waals surface area (Å²) in [6.07, 6.45) is 1.33. The van der Waals surface area contributed by atoms with Crippen molar-refractivity contribution in [2.24, 2.45) is 0 Å². The predicted octanol–water partition coefficient (Wildman–Crippen LogP) is 6.33. The van der Waals surface area contributed by atoms with E-state index < -0.39 is 17.8 Å². The number of barbiturate groups is 1. The molecule has 1 fully saturated rings. The molecule has 0 aromatic heterocycles. The number of carbonyl (C=O) groups excluding carboxylic acids is 4. The molecule has 0 spiro atoms.